The van der Waals surface area contributed by atoms with Crippen molar-refractivity contribution in [3.8, 4) is 0 Å². The Kier molecular flexibility index (Phi) is 10.3. The van der Waals surface area contributed by atoms with Crippen LogP contribution in [0.3, 0.4) is 0 Å². The van der Waals surface area contributed by atoms with Crippen LogP contribution in [0.5, 0.6) is 0 Å². The Labute approximate surface area is 133 Å². The van der Waals surface area contributed by atoms with Crippen LogP contribution in [0, 0.1) is 0 Å². The minimum atomic E-state index is 0.645. The fraction of sp³-hybridized carbons (Fsp3) is 1.00. The van der Waals surface area contributed by atoms with Gasteiger partial charge in [0.15, 0.2) is 0 Å². The summed E-state index contributed by atoms with van der Waals surface area (Å²) in [6.45, 7) is 5.98. The van der Waals surface area contributed by atoms with E-state index in [0.29, 0.717) is 12.1 Å². The van der Waals surface area contributed by atoms with Crippen molar-refractivity contribution in [2.75, 3.05) is 40.8 Å². The first-order valence-electron chi connectivity index (χ1n) is 9.25. The highest BCUT2D eigenvalue weighted by Gasteiger charge is 2.26. The average Bonchev–Trinajstić information content (AvgIpc) is 2.64. The van der Waals surface area contributed by atoms with E-state index in [1.807, 2.05) is 0 Å². The third kappa shape index (κ3) is 7.62. The lowest BCUT2D eigenvalue weighted by Crippen LogP contribution is -2.51. The van der Waals surface area contributed by atoms with Crippen LogP contribution in [0.1, 0.15) is 64.7 Å². The van der Waals surface area contributed by atoms with E-state index in [2.05, 4.69) is 43.2 Å². The van der Waals surface area contributed by atoms with Gasteiger partial charge in [-0.2, -0.15) is 0 Å². The molecule has 3 heteroatoms. The predicted octanol–water partition coefficient (Wildman–Crippen LogP) is 3.35. The molecule has 1 heterocycles. The Morgan fingerprint density at radius 1 is 1.00 bits per heavy atom. The molecule has 0 bridgehead atoms. The first-order valence-corrected chi connectivity index (χ1v) is 9.25. The molecule has 1 N–H and O–H groups in total. The smallest absolute Gasteiger partial charge is 0.0373 e. The molecule has 1 rings (SSSR count). The maximum absolute atomic E-state index is 3.59. The molecule has 0 amide bonds. The Balaban J connectivity index is 2.25. The van der Waals surface area contributed by atoms with Gasteiger partial charge in [0.2, 0.25) is 0 Å². The second-order valence-electron chi connectivity index (χ2n) is 6.97. The summed E-state index contributed by atoms with van der Waals surface area (Å²) in [7, 11) is 6.72. The van der Waals surface area contributed by atoms with Gasteiger partial charge in [-0.05, 0) is 47.1 Å². The van der Waals surface area contributed by atoms with Crippen LogP contribution in [0.25, 0.3) is 0 Å². The van der Waals surface area contributed by atoms with Crippen LogP contribution >= 0.6 is 0 Å². The van der Waals surface area contributed by atoms with Crippen molar-refractivity contribution in [2.24, 2.45) is 0 Å². The molecule has 2 unspecified atom stereocenters. The summed E-state index contributed by atoms with van der Waals surface area (Å²) < 4.78 is 0. The molecule has 2 atom stereocenters. The number of nitrogens with one attached hydrogen (secondary N) is 1. The zero-order chi connectivity index (χ0) is 15.5. The summed E-state index contributed by atoms with van der Waals surface area (Å²) in [6.07, 6.45) is 12.5. The van der Waals surface area contributed by atoms with Crippen molar-refractivity contribution in [3.05, 3.63) is 0 Å². The second-order valence-corrected chi connectivity index (χ2v) is 6.97. The fourth-order valence-electron chi connectivity index (χ4n) is 3.59. The van der Waals surface area contributed by atoms with Gasteiger partial charge < -0.3 is 15.1 Å². The van der Waals surface area contributed by atoms with Gasteiger partial charge in [-0.1, -0.05) is 51.9 Å². The van der Waals surface area contributed by atoms with Crippen molar-refractivity contribution < 1.29 is 0 Å². The van der Waals surface area contributed by atoms with Crippen LogP contribution in [0.4, 0.5) is 0 Å². The number of nitrogens with zero attached hydrogens (tertiary/aromatic N) is 2. The molecular weight excluding hydrogens is 258 g/mol. The Morgan fingerprint density at radius 2 is 1.67 bits per heavy atom. The highest BCUT2D eigenvalue weighted by Crippen LogP contribution is 2.16. The molecule has 1 fully saturated rings. The van der Waals surface area contributed by atoms with Gasteiger partial charge in [-0.15, -0.1) is 0 Å². The molecule has 126 valence electrons. The minimum absolute atomic E-state index is 0.645. The number of rotatable bonds is 10. The van der Waals surface area contributed by atoms with Gasteiger partial charge in [0.25, 0.3) is 0 Å². The van der Waals surface area contributed by atoms with E-state index in [1.165, 1.54) is 77.4 Å². The molecule has 0 aromatic carbocycles. The van der Waals surface area contributed by atoms with E-state index in [0.717, 1.165) is 0 Å². The summed E-state index contributed by atoms with van der Waals surface area (Å²) in [6, 6.07) is 1.31. The summed E-state index contributed by atoms with van der Waals surface area (Å²) in [5.74, 6) is 0. The molecule has 1 aliphatic rings. The molecule has 0 radical (unpaired) electrons. The van der Waals surface area contributed by atoms with E-state index in [1.54, 1.807) is 0 Å². The molecule has 1 saturated heterocycles. The number of hydrogen-bond acceptors (Lipinski definition) is 3. The van der Waals surface area contributed by atoms with Gasteiger partial charge in [0.1, 0.15) is 0 Å². The molecule has 1 aliphatic heterocycles. The Bertz CT molecular complexity index is 245. The zero-order valence-electron chi connectivity index (χ0n) is 15.0. The first kappa shape index (κ1) is 18.9. The lowest BCUT2D eigenvalue weighted by atomic mass is 9.99. The van der Waals surface area contributed by atoms with Crippen molar-refractivity contribution in [1.29, 1.82) is 0 Å². The lowest BCUT2D eigenvalue weighted by molar-refractivity contribution is 0.175. The molecule has 21 heavy (non-hydrogen) atoms. The molecule has 3 nitrogen and oxygen atoms in total. The number of likely N-dealkylation sites (N-methyl/N-ethyl adjacent to an activating group) is 3. The molecule has 0 aromatic heterocycles. The van der Waals surface area contributed by atoms with Crippen LogP contribution in [0.15, 0.2) is 0 Å². The van der Waals surface area contributed by atoms with Crippen LogP contribution in [-0.4, -0.2) is 62.7 Å². The van der Waals surface area contributed by atoms with Crippen molar-refractivity contribution in [2.45, 2.75) is 76.8 Å². The summed E-state index contributed by atoms with van der Waals surface area (Å²) in [4.78, 5) is 5.08. The van der Waals surface area contributed by atoms with E-state index in [-0.39, 0.29) is 0 Å². The molecule has 0 spiro atoms. The van der Waals surface area contributed by atoms with Crippen molar-refractivity contribution in [3.63, 3.8) is 0 Å². The number of hydrogen-bond donors (Lipinski definition) is 1. The summed E-state index contributed by atoms with van der Waals surface area (Å²) >= 11 is 0. The maximum atomic E-state index is 3.59. The van der Waals surface area contributed by atoms with Gasteiger partial charge in [-0.3, -0.25) is 0 Å². The second kappa shape index (κ2) is 11.4. The van der Waals surface area contributed by atoms with Gasteiger partial charge >= 0.3 is 0 Å². The predicted molar refractivity (Wildman–Crippen MR) is 94.0 cm³/mol. The minimum Gasteiger partial charge on any atom is -0.315 e. The largest absolute Gasteiger partial charge is 0.315 e. The Hall–Kier alpha value is -0.120. The molecule has 0 aliphatic carbocycles. The van der Waals surface area contributed by atoms with E-state index in [4.69, 9.17) is 0 Å². The Morgan fingerprint density at radius 3 is 2.33 bits per heavy atom. The van der Waals surface area contributed by atoms with E-state index >= 15 is 0 Å². The highest BCUT2D eigenvalue weighted by molar-refractivity contribution is 4.86. The van der Waals surface area contributed by atoms with Crippen LogP contribution in [-0.2, 0) is 0 Å². The number of unbranched alkanes of at least 4 members (excludes halogenated alkanes) is 6. The summed E-state index contributed by atoms with van der Waals surface area (Å²) in [5, 5.41) is 3.59. The maximum Gasteiger partial charge on any atom is 0.0373 e. The third-order valence-electron chi connectivity index (χ3n) is 5.07. The topological polar surface area (TPSA) is 18.5 Å². The quantitative estimate of drug-likeness (QED) is 0.624. The van der Waals surface area contributed by atoms with Gasteiger partial charge in [0, 0.05) is 18.6 Å². The van der Waals surface area contributed by atoms with E-state index in [9.17, 15) is 0 Å². The third-order valence-corrected chi connectivity index (χ3v) is 5.07. The van der Waals surface area contributed by atoms with Crippen molar-refractivity contribution >= 4 is 0 Å². The highest BCUT2D eigenvalue weighted by atomic mass is 15.2. The van der Waals surface area contributed by atoms with Crippen LogP contribution < -0.4 is 5.32 Å². The van der Waals surface area contributed by atoms with Gasteiger partial charge in [-0.25, -0.2) is 0 Å². The van der Waals surface area contributed by atoms with Crippen molar-refractivity contribution in [1.82, 2.24) is 15.1 Å². The zero-order valence-corrected chi connectivity index (χ0v) is 15.0. The lowest BCUT2D eigenvalue weighted by Gasteiger charge is -2.34. The fourth-order valence-corrected chi connectivity index (χ4v) is 3.59. The molecule has 0 aromatic rings. The SMILES string of the molecule is CCCCCCCCCC(NC)C1CN(C)CCCN1C. The monoisotopic (exact) mass is 297 g/mol. The normalized spacial score (nSPS) is 23.1. The van der Waals surface area contributed by atoms with E-state index < -0.39 is 0 Å². The molecular formula is C18H39N3. The standard InChI is InChI=1S/C18H39N3/c1-5-6-7-8-9-10-11-13-17(19-2)18-16-20(3)14-12-15-21(18)4/h17-19H,5-16H2,1-4H3. The first-order chi connectivity index (χ1) is 10.2. The average molecular weight is 298 g/mol. The van der Waals surface area contributed by atoms with Gasteiger partial charge in [0.05, 0.1) is 0 Å². The summed E-state index contributed by atoms with van der Waals surface area (Å²) in [5.41, 5.74) is 0. The van der Waals surface area contributed by atoms with Crippen LogP contribution in [0.2, 0.25) is 0 Å². The molecule has 0 saturated carbocycles.